The van der Waals surface area contributed by atoms with Crippen molar-refractivity contribution in [2.45, 2.75) is 76.4 Å². The van der Waals surface area contributed by atoms with Crippen LogP contribution < -0.4 is 5.73 Å². The van der Waals surface area contributed by atoms with Crippen molar-refractivity contribution < 1.29 is 0 Å². The van der Waals surface area contributed by atoms with E-state index in [0.717, 1.165) is 18.0 Å². The monoisotopic (exact) mass is 224 g/mol. The van der Waals surface area contributed by atoms with Gasteiger partial charge >= 0.3 is 0 Å². The maximum Gasteiger partial charge on any atom is 0.0110 e. The summed E-state index contributed by atoms with van der Waals surface area (Å²) in [5.74, 6) is 1.01. The fourth-order valence-electron chi connectivity index (χ4n) is 3.62. The minimum absolute atomic E-state index is 0.472. The molecule has 0 spiro atoms. The molecule has 2 atom stereocenters. The van der Waals surface area contributed by atoms with Crippen LogP contribution in [0.15, 0.2) is 0 Å². The van der Waals surface area contributed by atoms with Gasteiger partial charge in [0.15, 0.2) is 0 Å². The summed E-state index contributed by atoms with van der Waals surface area (Å²) >= 11 is 0. The maximum atomic E-state index is 6.01. The molecule has 0 aromatic rings. The molecule has 0 amide bonds. The molecule has 0 aliphatic heterocycles. The van der Waals surface area contributed by atoms with E-state index >= 15 is 0 Å². The van der Waals surface area contributed by atoms with Crippen LogP contribution in [0.2, 0.25) is 0 Å². The molecule has 0 aromatic carbocycles. The fourth-order valence-corrected chi connectivity index (χ4v) is 3.62. The first kappa shape index (κ1) is 12.4. The standard InChI is InChI=1S/C14H28N2/c1-3-11-4-7-13(8-5-11)16(2)14-9-6-12(15)10-14/h11-14H,3-10,15H2,1-2H3. The van der Waals surface area contributed by atoms with Crippen molar-refractivity contribution in [2.24, 2.45) is 11.7 Å². The Morgan fingerprint density at radius 1 is 1.00 bits per heavy atom. The number of nitrogens with zero attached hydrogens (tertiary/aromatic N) is 1. The summed E-state index contributed by atoms with van der Waals surface area (Å²) in [6, 6.07) is 2.09. The lowest BCUT2D eigenvalue weighted by Crippen LogP contribution is -2.41. The summed E-state index contributed by atoms with van der Waals surface area (Å²) in [7, 11) is 2.33. The van der Waals surface area contributed by atoms with E-state index in [1.54, 1.807) is 0 Å². The molecule has 2 N–H and O–H groups in total. The molecular formula is C14H28N2. The molecule has 2 nitrogen and oxygen atoms in total. The maximum absolute atomic E-state index is 6.01. The summed E-state index contributed by atoms with van der Waals surface area (Å²) in [6.07, 6.45) is 10.9. The largest absolute Gasteiger partial charge is 0.328 e. The Morgan fingerprint density at radius 3 is 2.12 bits per heavy atom. The number of rotatable bonds is 3. The van der Waals surface area contributed by atoms with E-state index in [0.29, 0.717) is 6.04 Å². The third kappa shape index (κ3) is 2.78. The molecule has 2 rings (SSSR count). The summed E-state index contributed by atoms with van der Waals surface area (Å²) in [5, 5.41) is 0. The highest BCUT2D eigenvalue weighted by atomic mass is 15.2. The molecule has 2 aliphatic rings. The molecule has 2 heteroatoms. The third-order valence-electron chi connectivity index (χ3n) is 4.99. The van der Waals surface area contributed by atoms with Gasteiger partial charge in [0, 0.05) is 18.1 Å². The van der Waals surface area contributed by atoms with Crippen LogP contribution in [0.1, 0.15) is 58.3 Å². The predicted molar refractivity (Wildman–Crippen MR) is 69.4 cm³/mol. The highest BCUT2D eigenvalue weighted by Crippen LogP contribution is 2.32. The van der Waals surface area contributed by atoms with Gasteiger partial charge in [-0.2, -0.15) is 0 Å². The number of hydrogen-bond donors (Lipinski definition) is 1. The Balaban J connectivity index is 1.79. The van der Waals surface area contributed by atoms with Crippen LogP contribution in [-0.4, -0.2) is 30.1 Å². The molecule has 2 fully saturated rings. The van der Waals surface area contributed by atoms with Crippen molar-refractivity contribution in [2.75, 3.05) is 7.05 Å². The average Bonchev–Trinajstić information content (AvgIpc) is 2.75. The predicted octanol–water partition coefficient (Wildman–Crippen LogP) is 2.77. The van der Waals surface area contributed by atoms with Crippen molar-refractivity contribution in [3.63, 3.8) is 0 Å². The van der Waals surface area contributed by atoms with E-state index in [1.807, 2.05) is 0 Å². The molecule has 2 unspecified atom stereocenters. The second-order valence-corrected chi connectivity index (χ2v) is 5.98. The first-order valence-electron chi connectivity index (χ1n) is 7.18. The van der Waals surface area contributed by atoms with Crippen LogP contribution >= 0.6 is 0 Å². The van der Waals surface area contributed by atoms with Crippen LogP contribution in [0.5, 0.6) is 0 Å². The Kier molecular flexibility index (Phi) is 4.26. The zero-order valence-corrected chi connectivity index (χ0v) is 11.0. The van der Waals surface area contributed by atoms with E-state index in [9.17, 15) is 0 Å². The summed E-state index contributed by atoms with van der Waals surface area (Å²) in [6.45, 7) is 2.34. The van der Waals surface area contributed by atoms with Crippen LogP contribution in [0, 0.1) is 5.92 Å². The minimum Gasteiger partial charge on any atom is -0.328 e. The summed E-state index contributed by atoms with van der Waals surface area (Å²) < 4.78 is 0. The quantitative estimate of drug-likeness (QED) is 0.798. The summed E-state index contributed by atoms with van der Waals surface area (Å²) in [4.78, 5) is 2.65. The second kappa shape index (κ2) is 5.50. The van der Waals surface area contributed by atoms with E-state index in [-0.39, 0.29) is 0 Å². The van der Waals surface area contributed by atoms with E-state index < -0.39 is 0 Å². The lowest BCUT2D eigenvalue weighted by molar-refractivity contribution is 0.120. The van der Waals surface area contributed by atoms with Gasteiger partial charge in [-0.1, -0.05) is 13.3 Å². The van der Waals surface area contributed by atoms with Crippen LogP contribution in [0.4, 0.5) is 0 Å². The van der Waals surface area contributed by atoms with E-state index in [1.165, 1.54) is 51.4 Å². The van der Waals surface area contributed by atoms with Crippen molar-refractivity contribution in [1.82, 2.24) is 4.90 Å². The molecular weight excluding hydrogens is 196 g/mol. The van der Waals surface area contributed by atoms with Crippen molar-refractivity contribution >= 4 is 0 Å². The van der Waals surface area contributed by atoms with Crippen molar-refractivity contribution in [3.8, 4) is 0 Å². The van der Waals surface area contributed by atoms with Gasteiger partial charge in [-0.05, 0) is 57.9 Å². The molecule has 2 aliphatic carbocycles. The number of hydrogen-bond acceptors (Lipinski definition) is 2. The van der Waals surface area contributed by atoms with Gasteiger partial charge in [-0.25, -0.2) is 0 Å². The second-order valence-electron chi connectivity index (χ2n) is 5.98. The van der Waals surface area contributed by atoms with Crippen LogP contribution in [0.3, 0.4) is 0 Å². The van der Waals surface area contributed by atoms with Gasteiger partial charge in [0.25, 0.3) is 0 Å². The smallest absolute Gasteiger partial charge is 0.0110 e. The lowest BCUT2D eigenvalue weighted by atomic mass is 9.83. The first-order valence-corrected chi connectivity index (χ1v) is 7.18. The Bertz CT molecular complexity index is 209. The highest BCUT2D eigenvalue weighted by molar-refractivity contribution is 4.88. The topological polar surface area (TPSA) is 29.3 Å². The van der Waals surface area contributed by atoms with Gasteiger partial charge in [0.1, 0.15) is 0 Å². The van der Waals surface area contributed by atoms with Gasteiger partial charge < -0.3 is 10.6 Å². The SMILES string of the molecule is CCC1CCC(N(C)C2CCC(N)C2)CC1. The van der Waals surface area contributed by atoms with Gasteiger partial charge in [-0.3, -0.25) is 0 Å². The van der Waals surface area contributed by atoms with Crippen molar-refractivity contribution in [3.05, 3.63) is 0 Å². The Labute approximate surface area is 101 Å². The highest BCUT2D eigenvalue weighted by Gasteiger charge is 2.31. The van der Waals surface area contributed by atoms with Gasteiger partial charge in [0.05, 0.1) is 0 Å². The normalized spacial score (nSPS) is 40.5. The Morgan fingerprint density at radius 2 is 1.62 bits per heavy atom. The molecule has 0 radical (unpaired) electrons. The van der Waals surface area contributed by atoms with E-state index in [4.69, 9.17) is 5.73 Å². The molecule has 0 saturated heterocycles. The fraction of sp³-hybridized carbons (Fsp3) is 1.00. The molecule has 0 heterocycles. The molecule has 2 saturated carbocycles. The molecule has 0 aromatic heterocycles. The van der Waals surface area contributed by atoms with Crippen LogP contribution in [0.25, 0.3) is 0 Å². The summed E-state index contributed by atoms with van der Waals surface area (Å²) in [5.41, 5.74) is 6.01. The minimum atomic E-state index is 0.472. The first-order chi connectivity index (χ1) is 7.70. The zero-order chi connectivity index (χ0) is 11.5. The van der Waals surface area contributed by atoms with Gasteiger partial charge in [-0.15, -0.1) is 0 Å². The van der Waals surface area contributed by atoms with Crippen molar-refractivity contribution in [1.29, 1.82) is 0 Å². The average molecular weight is 224 g/mol. The van der Waals surface area contributed by atoms with E-state index in [2.05, 4.69) is 18.9 Å². The molecule has 94 valence electrons. The Hall–Kier alpha value is -0.0800. The zero-order valence-electron chi connectivity index (χ0n) is 11.0. The molecule has 0 bridgehead atoms. The third-order valence-corrected chi connectivity index (χ3v) is 4.99. The molecule has 16 heavy (non-hydrogen) atoms. The lowest BCUT2D eigenvalue weighted by Gasteiger charge is -2.37. The van der Waals surface area contributed by atoms with Crippen LogP contribution in [-0.2, 0) is 0 Å². The van der Waals surface area contributed by atoms with Gasteiger partial charge in [0.2, 0.25) is 0 Å². The number of nitrogens with two attached hydrogens (primary N) is 1.